The van der Waals surface area contributed by atoms with Gasteiger partial charge in [-0.2, -0.15) is 0 Å². The quantitative estimate of drug-likeness (QED) is 0.0176. The van der Waals surface area contributed by atoms with Crippen LogP contribution in [0.25, 0.3) is 32.7 Å². The summed E-state index contributed by atoms with van der Waals surface area (Å²) in [6.07, 6.45) is -17.9. The summed E-state index contributed by atoms with van der Waals surface area (Å²) < 4.78 is 40.0. The summed E-state index contributed by atoms with van der Waals surface area (Å²) in [5.74, 6) is -14.7. The Bertz CT molecular complexity index is 5150. The lowest BCUT2D eigenvalue weighted by atomic mass is 9.84. The lowest BCUT2D eigenvalue weighted by Crippen LogP contribution is -2.65. The summed E-state index contributed by atoms with van der Waals surface area (Å²) in [5, 5.41) is 124. The summed E-state index contributed by atoms with van der Waals surface area (Å²) in [7, 11) is 1.48. The van der Waals surface area contributed by atoms with Gasteiger partial charge in [0.2, 0.25) is 59.3 Å². The molecular formula is C83H93Cl3N14O22. The zero-order chi connectivity index (χ0) is 87.9. The normalized spacial score (nSPS) is 26.2. The van der Waals surface area contributed by atoms with Crippen LogP contribution < -0.4 is 73.5 Å². The largest absolute Gasteiger partial charge is 0.508 e. The molecule has 2 saturated heterocycles. The highest BCUT2D eigenvalue weighted by molar-refractivity contribution is 6.32. The van der Waals surface area contributed by atoms with Crippen molar-refractivity contribution in [2.24, 2.45) is 22.5 Å². The molecule has 0 spiro atoms. The van der Waals surface area contributed by atoms with Crippen LogP contribution in [0.2, 0.25) is 15.1 Å². The predicted octanol–water partition coefficient (Wildman–Crippen LogP) is 5.35. The number of amides is 8. The molecule has 7 aromatic rings. The fourth-order valence-electron chi connectivity index (χ4n) is 15.1. The van der Waals surface area contributed by atoms with Crippen LogP contribution in [0.1, 0.15) is 124 Å². The van der Waals surface area contributed by atoms with Crippen LogP contribution in [0, 0.1) is 5.92 Å². The number of phenols is 3. The molecule has 36 nitrogen and oxygen atoms in total. The number of carbonyl (C=O) groups excluding carboxylic acids is 8. The number of unbranched alkanes of at least 4 members (excludes halogenated alkanes) is 1. The van der Waals surface area contributed by atoms with Gasteiger partial charge in [0, 0.05) is 52.2 Å². The molecule has 2 fully saturated rings. The number of aliphatic hydroxyl groups excluding tert-OH is 5. The Morgan fingerprint density at radius 3 is 1.94 bits per heavy atom. The number of aliphatic hydroxyl groups is 5. The first-order chi connectivity index (χ1) is 58.1. The number of halogens is 3. The van der Waals surface area contributed by atoms with Gasteiger partial charge in [0.05, 0.1) is 47.4 Å². The van der Waals surface area contributed by atoms with Gasteiger partial charge in [0.15, 0.2) is 23.9 Å². The summed E-state index contributed by atoms with van der Waals surface area (Å²) in [6, 6.07) is 15.2. The van der Waals surface area contributed by atoms with Crippen molar-refractivity contribution < 1.29 is 108 Å². The van der Waals surface area contributed by atoms with E-state index < -0.39 is 220 Å². The van der Waals surface area contributed by atoms with Crippen molar-refractivity contribution in [1.29, 1.82) is 0 Å². The first-order valence-electron chi connectivity index (χ1n) is 39.1. The van der Waals surface area contributed by atoms with E-state index in [9.17, 15) is 60.8 Å². The van der Waals surface area contributed by atoms with Crippen molar-refractivity contribution in [1.82, 2.24) is 47.9 Å². The van der Waals surface area contributed by atoms with Crippen molar-refractivity contribution in [2.75, 3.05) is 26.7 Å². The number of hydrogen-bond acceptors (Lipinski definition) is 26. The minimum Gasteiger partial charge on any atom is -0.508 e. The number of primary amides is 1. The molecule has 11 bridgehead atoms. The maximum absolute atomic E-state index is 16.4. The van der Waals surface area contributed by atoms with Gasteiger partial charge in [0.25, 0.3) is 0 Å². The van der Waals surface area contributed by atoms with E-state index in [0.29, 0.717) is 17.9 Å². The molecule has 7 aromatic carbocycles. The molecule has 0 radical (unpaired) electrons. The van der Waals surface area contributed by atoms with Gasteiger partial charge in [-0.15, -0.1) is 0 Å². The van der Waals surface area contributed by atoms with E-state index in [1.807, 2.05) is 50.2 Å². The Hall–Kier alpha value is -11.2. The molecule has 7 aliphatic heterocycles. The van der Waals surface area contributed by atoms with E-state index >= 15 is 24.0 Å². The van der Waals surface area contributed by atoms with Gasteiger partial charge in [0.1, 0.15) is 89.4 Å². The van der Waals surface area contributed by atoms with E-state index in [2.05, 4.69) is 57.9 Å². The second-order valence-corrected chi connectivity index (χ2v) is 32.1. The summed E-state index contributed by atoms with van der Waals surface area (Å²) in [6.45, 7) is 6.66. The van der Waals surface area contributed by atoms with Crippen molar-refractivity contribution >= 4 is 82.1 Å². The van der Waals surface area contributed by atoms with Crippen LogP contribution in [0.5, 0.6) is 46.0 Å². The third-order valence-corrected chi connectivity index (χ3v) is 22.5. The summed E-state index contributed by atoms with van der Waals surface area (Å²) in [4.78, 5) is 123. The van der Waals surface area contributed by atoms with Crippen molar-refractivity contribution in [2.45, 2.75) is 176 Å². The molecule has 14 rings (SSSR count). The third-order valence-electron chi connectivity index (χ3n) is 21.7. The maximum atomic E-state index is 16.4. The monoisotopic (exact) mass is 1740 g/mol. The molecule has 39 heteroatoms. The van der Waals surface area contributed by atoms with Crippen LogP contribution in [-0.2, 0) is 59.1 Å². The Balaban J connectivity index is 1.05. The lowest BCUT2D eigenvalue weighted by Gasteiger charge is -2.48. The maximum Gasteiger partial charge on any atom is 0.248 e. The number of nitrogens with one attached hydrogen (secondary N) is 9. The lowest BCUT2D eigenvalue weighted by molar-refractivity contribution is -0.331. The Kier molecular flexibility index (Phi) is 28.7. The van der Waals surface area contributed by atoms with Crippen molar-refractivity contribution in [3.8, 4) is 68.2 Å². The van der Waals surface area contributed by atoms with Crippen LogP contribution in [-0.4, -0.2) is 194 Å². The molecule has 7 aliphatic rings. The van der Waals surface area contributed by atoms with Crippen molar-refractivity contribution in [3.05, 3.63) is 186 Å². The van der Waals surface area contributed by atoms with Crippen LogP contribution in [0.4, 0.5) is 0 Å². The molecule has 0 aromatic heterocycles. The van der Waals surface area contributed by atoms with Gasteiger partial charge in [-0.05, 0) is 169 Å². The number of fused-ring (bicyclic) bond motifs is 15. The highest BCUT2D eigenvalue weighted by atomic mass is 35.5. The van der Waals surface area contributed by atoms with Crippen molar-refractivity contribution in [3.63, 3.8) is 0 Å². The highest BCUT2D eigenvalue weighted by Crippen LogP contribution is 2.50. The molecule has 7 heterocycles. The fraction of sp³-hybridized carbons (Fsp3) is 0.398. The SMILES string of the molecule is CN[C@H](CC(C)C)C(=O)N[C@H]1C(=O)N[C@@H](CC(N)=O)C(=O)N[C@H]2C(=O)NC3C(=O)N[C@@H](C(=O)N[C@H](C(=O)NCCCCN)c4cc(O)cc(O)c4-c4cc3ccc4O)[C@H](O)c3ccc(c(Cl)c3)Oc3cc2cc(c3OC2OC(CN=[N+]=[N-])C(O)C(O)C2OC2CC(C)(NCc3ccc(-c4ccc(Cl)cc4)cc3)C(O)C(C)O2)Oc2ccc(cc2Cl)[C@H]1O. The smallest absolute Gasteiger partial charge is 0.248 e. The standard InChI is InChI=1S/C83H93Cl3N14O22/c1-36(2)24-51(90-5)75(110)98-66-68(105)42-15-20-55(49(85)26-42)118-57-28-44-29-58(72(57)122-82-73(71(108)70(107)59(120-82)35-93-100-89)121-61-33-83(4,74(109)37(3)117-61)92-34-38-8-10-39(11-9-38)40-12-17-45(84)18-13-40)119-56-21-16-43(27-50(56)86)69(106)67-81(116)97-65(77(112)91-23-7-6-22-87)48-30-46(101)31-54(103)62(48)47-25-41(14-19-53(47)102)63(78(113)99-67)96-79(114)64(44)95-76(111)52(32-60(88)104)94-80(66)115/h8-21,25-31,36-37,51-52,59,61,63-71,73-74,82,90,92,101-103,105-109H,6-7,22-24,32-35,87H2,1-5H3,(H2,88,104)(H,91,112)(H,94,115)(H,95,111)(H,96,114)(H,97,116)(H,98,110)(H,99,113)/t37?,51-,52+,59?,61?,63?,64-,65+,66-,67-,68-,69-,70?,71?,73?,74?,82?,83?/m1/s1. The molecule has 18 atom stereocenters. The minimum atomic E-state index is -2.37. The second-order valence-electron chi connectivity index (χ2n) is 30.9. The number of benzene rings is 7. The molecular weight excluding hydrogens is 1650 g/mol. The van der Waals surface area contributed by atoms with Gasteiger partial charge in [-0.3, -0.25) is 38.4 Å². The average molecular weight is 1750 g/mol. The Morgan fingerprint density at radius 1 is 0.697 bits per heavy atom. The van der Waals surface area contributed by atoms with Crippen LogP contribution >= 0.6 is 34.8 Å². The zero-order valence-corrected chi connectivity index (χ0v) is 68.6. The van der Waals surface area contributed by atoms with Gasteiger partial charge >= 0.3 is 0 Å². The van der Waals surface area contributed by atoms with Gasteiger partial charge in [-0.1, -0.05) is 108 Å². The minimum absolute atomic E-state index is 0.0304. The molecule has 8 amide bonds. The van der Waals surface area contributed by atoms with E-state index in [4.69, 9.17) is 74.7 Å². The van der Waals surface area contributed by atoms with E-state index in [1.165, 1.54) is 25.2 Å². The molecule has 648 valence electrons. The molecule has 21 N–H and O–H groups in total. The number of likely N-dealkylation sites (N-methyl/N-ethyl adjacent to an activating group) is 1. The number of nitrogens with zero attached hydrogens (tertiary/aromatic N) is 3. The number of hydrogen-bond donors (Lipinski definition) is 19. The first-order valence-corrected chi connectivity index (χ1v) is 40.2. The fourth-order valence-corrected chi connectivity index (χ4v) is 15.7. The van der Waals surface area contributed by atoms with E-state index in [0.717, 1.165) is 77.4 Å². The van der Waals surface area contributed by atoms with Gasteiger partial charge in [-0.25, -0.2) is 0 Å². The third kappa shape index (κ3) is 20.4. The second kappa shape index (κ2) is 38.9. The number of aromatic hydroxyl groups is 3. The van der Waals surface area contributed by atoms with Gasteiger partial charge < -0.3 is 129 Å². The number of nitrogens with two attached hydrogens (primary N) is 2. The topological polar surface area (TPSA) is 563 Å². The van der Waals surface area contributed by atoms with Crippen LogP contribution in [0.3, 0.4) is 0 Å². The summed E-state index contributed by atoms with van der Waals surface area (Å²) in [5.41, 5.74) is 20.3. The van der Waals surface area contributed by atoms with E-state index in [1.54, 1.807) is 26.0 Å². The average Bonchev–Trinajstić information content (AvgIpc) is 0.763. The zero-order valence-electron chi connectivity index (χ0n) is 66.3. The Morgan fingerprint density at radius 2 is 1.32 bits per heavy atom. The predicted molar refractivity (Wildman–Crippen MR) is 439 cm³/mol. The molecule has 10 unspecified atom stereocenters. The number of carbonyl (C=O) groups is 8. The molecule has 0 saturated carbocycles. The number of rotatable bonds is 22. The molecule has 122 heavy (non-hydrogen) atoms. The number of ether oxygens (including phenoxy) is 6. The van der Waals surface area contributed by atoms with E-state index in [-0.39, 0.29) is 82.7 Å². The number of phenolic OH excluding ortho intramolecular Hbond substituents is 3. The Labute approximate surface area is 713 Å². The van der Waals surface area contributed by atoms with Crippen LogP contribution in [0.15, 0.2) is 133 Å². The molecule has 0 aliphatic carbocycles. The summed E-state index contributed by atoms with van der Waals surface area (Å²) >= 11 is 20.6. The highest BCUT2D eigenvalue weighted by Gasteiger charge is 2.52. The first kappa shape index (κ1) is 90.1. The number of azide groups is 1.